The van der Waals surface area contributed by atoms with Crippen LogP contribution in [0.4, 0.5) is 14.5 Å². The van der Waals surface area contributed by atoms with Gasteiger partial charge in [-0.05, 0) is 78.4 Å². The maximum Gasteiger partial charge on any atom is 2.00 e. The summed E-state index contributed by atoms with van der Waals surface area (Å²) in [6.07, 6.45) is -2.99. The Kier molecular flexibility index (Phi) is 12.5. The van der Waals surface area contributed by atoms with Gasteiger partial charge in [0.25, 0.3) is 5.91 Å². The van der Waals surface area contributed by atoms with E-state index in [9.17, 15) is 33.7 Å². The molecule has 7 nitrogen and oxygen atoms in total. The van der Waals surface area contributed by atoms with Crippen LogP contribution < -0.4 is 10.4 Å². The molecule has 0 fully saturated rings. The number of nitrogens with zero attached hydrogens (tertiary/aromatic N) is 1. The quantitative estimate of drug-likeness (QED) is 0.199. The molecular formula is C33H33CaF2N2O5+. The van der Waals surface area contributed by atoms with Crippen LogP contribution in [0, 0.1) is 11.6 Å². The van der Waals surface area contributed by atoms with Crippen LogP contribution in [0.3, 0.4) is 0 Å². The molecule has 0 aliphatic carbocycles. The standard InChI is InChI=1S/C33H34F2N2O5.Ca/c1-20(2)31-30(33(42)36-25-6-4-3-5-7-25)29(21-8-12-23(34)13-9-21)32(22-10-14-24(35)15-11-22)37(31)17-16-26(38)18-27(39)19-28(40)41;/h3-15,20,26-27,38-39H,16-19H2,1-2H3,(H,36,42)(H,40,41);/q;+2/p-1/t26-,27-;/m1./s1. The molecule has 3 aromatic carbocycles. The molecule has 0 spiro atoms. The second kappa shape index (κ2) is 15.6. The van der Waals surface area contributed by atoms with Gasteiger partial charge in [-0.25, -0.2) is 8.78 Å². The first-order valence-electron chi connectivity index (χ1n) is 13.8. The molecule has 4 rings (SSSR count). The minimum atomic E-state index is -1.42. The SMILES string of the molecule is CC(C)c1c(C(=O)Nc2ccccc2)c(-c2ccc(F)cc2)c(-c2ccc(F)cc2)n1CC[C@@H](O)C[C@@H](O)CC(=O)[O-].[Ca+2]. The number of carbonyl (C=O) groups is 2. The molecule has 2 atom stereocenters. The average molecular weight is 616 g/mol. The minimum absolute atomic E-state index is 0. The summed E-state index contributed by atoms with van der Waals surface area (Å²) in [7, 11) is 0. The third-order valence-electron chi connectivity index (χ3n) is 6.99. The van der Waals surface area contributed by atoms with Gasteiger partial charge in [0.2, 0.25) is 0 Å². The van der Waals surface area contributed by atoms with Gasteiger partial charge in [-0.3, -0.25) is 4.79 Å². The van der Waals surface area contributed by atoms with E-state index in [0.717, 1.165) is 0 Å². The molecule has 0 radical (unpaired) electrons. The molecule has 4 aromatic rings. The monoisotopic (exact) mass is 615 g/mol. The summed E-state index contributed by atoms with van der Waals surface area (Å²) < 4.78 is 29.9. The Hall–Kier alpha value is -3.08. The van der Waals surface area contributed by atoms with E-state index in [1.54, 1.807) is 48.5 Å². The Balaban J connectivity index is 0.00000506. The van der Waals surface area contributed by atoms with Crippen LogP contribution in [0.25, 0.3) is 22.4 Å². The van der Waals surface area contributed by atoms with Gasteiger partial charge in [-0.15, -0.1) is 0 Å². The summed E-state index contributed by atoms with van der Waals surface area (Å²) >= 11 is 0. The maximum atomic E-state index is 14.0. The Morgan fingerprint density at radius 3 is 1.95 bits per heavy atom. The second-order valence-corrected chi connectivity index (χ2v) is 10.5. The van der Waals surface area contributed by atoms with Gasteiger partial charge in [-0.1, -0.05) is 44.2 Å². The van der Waals surface area contributed by atoms with Crippen LogP contribution >= 0.6 is 0 Å². The van der Waals surface area contributed by atoms with E-state index in [2.05, 4.69) is 5.32 Å². The van der Waals surface area contributed by atoms with E-state index in [0.29, 0.717) is 39.3 Å². The van der Waals surface area contributed by atoms with Crippen molar-refractivity contribution in [2.45, 2.75) is 57.8 Å². The number of amides is 1. The van der Waals surface area contributed by atoms with E-state index >= 15 is 0 Å². The van der Waals surface area contributed by atoms with Crippen LogP contribution in [-0.4, -0.2) is 76.6 Å². The molecule has 0 aliphatic rings. The van der Waals surface area contributed by atoms with Crippen LogP contribution in [0.1, 0.15) is 55.1 Å². The second-order valence-electron chi connectivity index (χ2n) is 10.5. The summed E-state index contributed by atoms with van der Waals surface area (Å²) in [4.78, 5) is 24.9. The number of aromatic nitrogens is 1. The zero-order valence-electron chi connectivity index (χ0n) is 24.1. The van der Waals surface area contributed by atoms with Gasteiger partial charge in [-0.2, -0.15) is 0 Å². The summed E-state index contributed by atoms with van der Waals surface area (Å²) in [5.41, 5.74) is 3.84. The summed E-state index contributed by atoms with van der Waals surface area (Å²) in [6, 6.07) is 20.5. The molecule has 0 unspecified atom stereocenters. The number of carboxylic acid groups (broad SMARTS) is 1. The molecular weight excluding hydrogens is 582 g/mol. The molecule has 1 heterocycles. The number of halogens is 2. The molecule has 0 saturated heterocycles. The van der Waals surface area contributed by atoms with Crippen molar-refractivity contribution < 1.29 is 33.7 Å². The topological polar surface area (TPSA) is 115 Å². The third-order valence-corrected chi connectivity index (χ3v) is 6.99. The molecule has 10 heteroatoms. The number of rotatable bonds is 12. The van der Waals surface area contributed by atoms with E-state index in [1.807, 2.05) is 24.5 Å². The fraction of sp³-hybridized carbons (Fsp3) is 0.273. The van der Waals surface area contributed by atoms with Gasteiger partial charge in [0.05, 0.1) is 23.5 Å². The fourth-order valence-corrected chi connectivity index (χ4v) is 5.21. The Bertz CT molecular complexity index is 1520. The van der Waals surface area contributed by atoms with Crippen molar-refractivity contribution in [1.29, 1.82) is 0 Å². The van der Waals surface area contributed by atoms with Crippen LogP contribution in [0.2, 0.25) is 0 Å². The largest absolute Gasteiger partial charge is 2.00 e. The van der Waals surface area contributed by atoms with Crippen molar-refractivity contribution in [3.05, 3.63) is 102 Å². The van der Waals surface area contributed by atoms with E-state index in [-0.39, 0.29) is 63.0 Å². The van der Waals surface area contributed by atoms with Gasteiger partial charge in [0.1, 0.15) is 11.6 Å². The number of carboxylic acids is 1. The van der Waals surface area contributed by atoms with Crippen molar-refractivity contribution in [3.8, 4) is 22.4 Å². The first-order valence-corrected chi connectivity index (χ1v) is 13.8. The molecule has 0 saturated carbocycles. The first kappa shape index (κ1) is 34.4. The van der Waals surface area contributed by atoms with Crippen LogP contribution in [-0.2, 0) is 11.3 Å². The number of carbonyl (C=O) groups excluding carboxylic acids is 2. The number of nitrogens with one attached hydrogen (secondary N) is 1. The van der Waals surface area contributed by atoms with Crippen molar-refractivity contribution in [2.24, 2.45) is 0 Å². The van der Waals surface area contributed by atoms with E-state index < -0.39 is 42.1 Å². The van der Waals surface area contributed by atoms with Crippen molar-refractivity contribution in [3.63, 3.8) is 0 Å². The molecule has 1 aromatic heterocycles. The van der Waals surface area contributed by atoms with E-state index in [1.165, 1.54) is 24.3 Å². The Morgan fingerprint density at radius 2 is 1.42 bits per heavy atom. The molecule has 1 amide bonds. The number of aliphatic hydroxyl groups is 2. The Morgan fingerprint density at radius 1 is 0.860 bits per heavy atom. The number of hydrogen-bond acceptors (Lipinski definition) is 5. The number of aliphatic hydroxyl groups excluding tert-OH is 2. The maximum absolute atomic E-state index is 14.0. The summed E-state index contributed by atoms with van der Waals surface area (Å²) in [5.74, 6) is -2.89. The molecule has 0 aliphatic heterocycles. The zero-order chi connectivity index (χ0) is 30.4. The normalized spacial score (nSPS) is 12.4. The smallest absolute Gasteiger partial charge is 0.550 e. The first-order chi connectivity index (χ1) is 20.0. The van der Waals surface area contributed by atoms with Crippen LogP contribution in [0.5, 0.6) is 0 Å². The number of aliphatic carboxylic acids is 1. The fourth-order valence-electron chi connectivity index (χ4n) is 5.21. The number of anilines is 1. The van der Waals surface area contributed by atoms with Gasteiger partial charge < -0.3 is 30.0 Å². The average Bonchev–Trinajstić information content (AvgIpc) is 3.28. The van der Waals surface area contributed by atoms with E-state index in [4.69, 9.17) is 0 Å². The molecule has 43 heavy (non-hydrogen) atoms. The number of benzene rings is 3. The van der Waals surface area contributed by atoms with Gasteiger partial charge >= 0.3 is 37.7 Å². The predicted octanol–water partition coefficient (Wildman–Crippen LogP) is 4.74. The summed E-state index contributed by atoms with van der Waals surface area (Å²) in [5, 5.41) is 34.5. The predicted molar refractivity (Wildman–Crippen MR) is 160 cm³/mol. The zero-order valence-corrected chi connectivity index (χ0v) is 26.3. The molecule has 3 N–H and O–H groups in total. The summed E-state index contributed by atoms with van der Waals surface area (Å²) in [6.45, 7) is 4.04. The van der Waals surface area contributed by atoms with Crippen molar-refractivity contribution >= 4 is 55.3 Å². The third kappa shape index (κ3) is 8.74. The van der Waals surface area contributed by atoms with Crippen LogP contribution in [0.15, 0.2) is 78.9 Å². The van der Waals surface area contributed by atoms with Gasteiger partial charge in [0, 0.05) is 35.9 Å². The minimum Gasteiger partial charge on any atom is -0.550 e. The van der Waals surface area contributed by atoms with Gasteiger partial charge in [0.15, 0.2) is 0 Å². The number of para-hydroxylation sites is 1. The number of hydrogen-bond donors (Lipinski definition) is 3. The Labute approximate surface area is 279 Å². The van der Waals surface area contributed by atoms with Crippen molar-refractivity contribution in [1.82, 2.24) is 4.57 Å². The molecule has 0 bridgehead atoms. The van der Waals surface area contributed by atoms with Crippen molar-refractivity contribution in [2.75, 3.05) is 5.32 Å². The molecule has 220 valence electrons.